The molecule has 8 heteroatoms. The number of aromatic nitrogens is 3. The Balaban J connectivity index is 1.33. The minimum absolute atomic E-state index is 0.0494. The number of carbonyl (C=O) groups excluding carboxylic acids is 1. The summed E-state index contributed by atoms with van der Waals surface area (Å²) in [6.07, 6.45) is 4.83. The van der Waals surface area contributed by atoms with Gasteiger partial charge in [0.2, 0.25) is 5.91 Å². The van der Waals surface area contributed by atoms with Crippen molar-refractivity contribution in [1.82, 2.24) is 24.4 Å². The van der Waals surface area contributed by atoms with E-state index in [9.17, 15) is 9.59 Å². The molecular formula is C22H31N5O2S. The van der Waals surface area contributed by atoms with Crippen LogP contribution in [0.1, 0.15) is 38.5 Å². The Hall–Kier alpha value is -2.19. The van der Waals surface area contributed by atoms with Crippen LogP contribution in [0.3, 0.4) is 0 Å². The van der Waals surface area contributed by atoms with E-state index in [0.717, 1.165) is 54.5 Å². The molecule has 0 aliphatic carbocycles. The van der Waals surface area contributed by atoms with Crippen molar-refractivity contribution >= 4 is 33.0 Å². The van der Waals surface area contributed by atoms with Gasteiger partial charge in [-0.15, -0.1) is 11.3 Å². The number of piperidine rings is 1. The summed E-state index contributed by atoms with van der Waals surface area (Å²) in [5, 5.41) is 7.16. The van der Waals surface area contributed by atoms with Crippen LogP contribution >= 0.6 is 11.3 Å². The van der Waals surface area contributed by atoms with Gasteiger partial charge in [0.15, 0.2) is 0 Å². The van der Waals surface area contributed by atoms with E-state index in [-0.39, 0.29) is 18.0 Å². The van der Waals surface area contributed by atoms with Gasteiger partial charge < -0.3 is 10.2 Å². The number of aryl methyl sites for hydroxylation is 1. The molecule has 1 saturated heterocycles. The maximum Gasteiger partial charge on any atom is 0.291 e. The molecule has 1 N–H and O–H groups in total. The normalized spacial score (nSPS) is 20.2. The Kier molecular flexibility index (Phi) is 6.24. The molecule has 4 rings (SSSR count). The molecular weight excluding hydrogens is 398 g/mol. The lowest BCUT2D eigenvalue weighted by Gasteiger charge is -2.34. The Morgan fingerprint density at radius 2 is 2.00 bits per heavy atom. The van der Waals surface area contributed by atoms with Crippen molar-refractivity contribution < 1.29 is 4.79 Å². The van der Waals surface area contributed by atoms with Crippen molar-refractivity contribution in [2.75, 3.05) is 26.2 Å². The van der Waals surface area contributed by atoms with Crippen LogP contribution < -0.4 is 10.9 Å². The molecule has 0 unspecified atom stereocenters. The summed E-state index contributed by atoms with van der Waals surface area (Å²) in [6.45, 7) is 10.6. The predicted octanol–water partition coefficient (Wildman–Crippen LogP) is 2.76. The second-order valence-electron chi connectivity index (χ2n) is 8.72. The van der Waals surface area contributed by atoms with E-state index in [1.54, 1.807) is 17.7 Å². The van der Waals surface area contributed by atoms with Gasteiger partial charge >= 0.3 is 0 Å². The van der Waals surface area contributed by atoms with Crippen LogP contribution in [0, 0.1) is 11.8 Å². The summed E-state index contributed by atoms with van der Waals surface area (Å²) in [7, 11) is 0. The number of nitrogens with one attached hydrogen (secondary N) is 1. The fourth-order valence-electron chi connectivity index (χ4n) is 4.63. The van der Waals surface area contributed by atoms with E-state index >= 15 is 0 Å². The number of hydrogen-bond acceptors (Lipinski definition) is 5. The van der Waals surface area contributed by atoms with E-state index in [4.69, 9.17) is 0 Å². The molecule has 30 heavy (non-hydrogen) atoms. The zero-order valence-corrected chi connectivity index (χ0v) is 18.9. The Morgan fingerprint density at radius 3 is 2.73 bits per heavy atom. The van der Waals surface area contributed by atoms with Crippen molar-refractivity contribution in [3.05, 3.63) is 33.7 Å². The first-order chi connectivity index (χ1) is 14.4. The van der Waals surface area contributed by atoms with Gasteiger partial charge in [-0.2, -0.15) is 5.10 Å². The van der Waals surface area contributed by atoms with E-state index in [2.05, 4.69) is 42.2 Å². The fourth-order valence-corrected chi connectivity index (χ4v) is 5.66. The minimum Gasteiger partial charge on any atom is -0.354 e. The average molecular weight is 430 g/mol. The second kappa shape index (κ2) is 8.89. The zero-order chi connectivity index (χ0) is 21.3. The first kappa shape index (κ1) is 21.1. The fraction of sp³-hybridized carbons (Fsp3) is 0.591. The van der Waals surface area contributed by atoms with Crippen molar-refractivity contribution in [3.8, 4) is 0 Å². The standard InChI is InChI=1S/C22H31N5O2S/c1-4-17-9-18-20(30-17)10-19-22(29)27(24-14-26(18)19)13-21(28)23-6-5-7-25-11-15(2)8-16(3)12-25/h9-10,14-16H,4-8,11-13H2,1-3H3,(H,23,28)/t15-,16+. The average Bonchev–Trinajstić information content (AvgIpc) is 3.25. The van der Waals surface area contributed by atoms with Crippen LogP contribution in [0.5, 0.6) is 0 Å². The molecule has 3 aromatic rings. The quantitative estimate of drug-likeness (QED) is 0.586. The van der Waals surface area contributed by atoms with E-state index < -0.39 is 0 Å². The van der Waals surface area contributed by atoms with Gasteiger partial charge in [0, 0.05) is 24.5 Å². The highest BCUT2D eigenvalue weighted by Gasteiger charge is 2.21. The topological polar surface area (TPSA) is 71.6 Å². The zero-order valence-electron chi connectivity index (χ0n) is 18.1. The summed E-state index contributed by atoms with van der Waals surface area (Å²) < 4.78 is 4.15. The summed E-state index contributed by atoms with van der Waals surface area (Å²) >= 11 is 1.70. The lowest BCUT2D eigenvalue weighted by atomic mass is 9.92. The first-order valence-electron chi connectivity index (χ1n) is 10.9. The Labute approximate surface area is 180 Å². The van der Waals surface area contributed by atoms with Gasteiger partial charge in [-0.25, -0.2) is 4.68 Å². The summed E-state index contributed by atoms with van der Waals surface area (Å²) in [4.78, 5) is 28.9. The lowest BCUT2D eigenvalue weighted by molar-refractivity contribution is -0.121. The molecule has 2 atom stereocenters. The maximum absolute atomic E-state index is 12.8. The van der Waals surface area contributed by atoms with Gasteiger partial charge in [-0.3, -0.25) is 14.0 Å². The SMILES string of the molecule is CCc1cc2c(cc3c(=O)n(CC(=O)NCCCN4C[C@H](C)C[C@H](C)C4)ncn32)s1. The number of hydrogen-bond donors (Lipinski definition) is 1. The highest BCUT2D eigenvalue weighted by molar-refractivity contribution is 7.19. The second-order valence-corrected chi connectivity index (χ2v) is 9.89. The number of thiophene rings is 1. The van der Waals surface area contributed by atoms with Crippen LogP contribution in [-0.2, 0) is 17.8 Å². The number of likely N-dealkylation sites (tertiary alicyclic amines) is 1. The molecule has 1 fully saturated rings. The van der Waals surface area contributed by atoms with Gasteiger partial charge in [0.05, 0.1) is 10.2 Å². The molecule has 1 aliphatic rings. The van der Waals surface area contributed by atoms with Gasteiger partial charge in [-0.05, 0) is 49.8 Å². The molecule has 0 radical (unpaired) electrons. The number of carbonyl (C=O) groups is 1. The molecule has 1 amide bonds. The molecule has 0 spiro atoms. The molecule has 0 aromatic carbocycles. The first-order valence-corrected chi connectivity index (χ1v) is 11.7. The van der Waals surface area contributed by atoms with Crippen molar-refractivity contribution in [2.24, 2.45) is 11.8 Å². The van der Waals surface area contributed by atoms with Crippen LogP contribution in [0.15, 0.2) is 23.3 Å². The van der Waals surface area contributed by atoms with Gasteiger partial charge in [0.1, 0.15) is 18.4 Å². The van der Waals surface area contributed by atoms with E-state index in [0.29, 0.717) is 12.1 Å². The smallest absolute Gasteiger partial charge is 0.291 e. The number of rotatable bonds is 7. The number of nitrogens with zero attached hydrogens (tertiary/aromatic N) is 4. The molecule has 162 valence electrons. The maximum atomic E-state index is 12.8. The third kappa shape index (κ3) is 4.44. The van der Waals surface area contributed by atoms with E-state index in [1.165, 1.54) is 16.0 Å². The Bertz CT molecular complexity index is 1090. The van der Waals surface area contributed by atoms with Crippen LogP contribution in [-0.4, -0.2) is 51.2 Å². The molecule has 4 heterocycles. The van der Waals surface area contributed by atoms with Crippen LogP contribution in [0.2, 0.25) is 0 Å². The highest BCUT2D eigenvalue weighted by Crippen LogP contribution is 2.28. The molecule has 0 saturated carbocycles. The van der Waals surface area contributed by atoms with Gasteiger partial charge in [-0.1, -0.05) is 20.8 Å². The third-order valence-electron chi connectivity index (χ3n) is 5.90. The Morgan fingerprint density at radius 1 is 1.23 bits per heavy atom. The summed E-state index contributed by atoms with van der Waals surface area (Å²) in [5.41, 5.74) is 1.34. The minimum atomic E-state index is -0.231. The van der Waals surface area contributed by atoms with Crippen molar-refractivity contribution in [1.29, 1.82) is 0 Å². The molecule has 7 nitrogen and oxygen atoms in total. The van der Waals surface area contributed by atoms with Crippen LogP contribution in [0.4, 0.5) is 0 Å². The molecule has 1 aliphatic heterocycles. The van der Waals surface area contributed by atoms with Gasteiger partial charge in [0.25, 0.3) is 5.56 Å². The van der Waals surface area contributed by atoms with Crippen molar-refractivity contribution in [3.63, 3.8) is 0 Å². The number of fused-ring (bicyclic) bond motifs is 3. The lowest BCUT2D eigenvalue weighted by Crippen LogP contribution is -2.40. The monoisotopic (exact) mass is 429 g/mol. The summed E-state index contributed by atoms with van der Waals surface area (Å²) in [5.74, 6) is 1.32. The summed E-state index contributed by atoms with van der Waals surface area (Å²) in [6, 6.07) is 4.01. The predicted molar refractivity (Wildman–Crippen MR) is 121 cm³/mol. The number of amides is 1. The highest BCUT2D eigenvalue weighted by atomic mass is 32.1. The third-order valence-corrected chi connectivity index (χ3v) is 7.11. The van der Waals surface area contributed by atoms with E-state index in [1.807, 2.05) is 10.5 Å². The largest absolute Gasteiger partial charge is 0.354 e. The van der Waals surface area contributed by atoms with Crippen molar-refractivity contribution in [2.45, 2.75) is 46.6 Å². The van der Waals surface area contributed by atoms with Crippen LogP contribution in [0.25, 0.3) is 15.7 Å². The molecule has 0 bridgehead atoms. The molecule has 3 aromatic heterocycles.